The number of carbonyl (C=O) groups is 2. The Morgan fingerprint density at radius 3 is 2.24 bits per heavy atom. The third-order valence-corrected chi connectivity index (χ3v) is 3.61. The number of nitrogens with one attached hydrogen (secondary N) is 1. The van der Waals surface area contributed by atoms with Gasteiger partial charge in [0.25, 0.3) is 11.8 Å². The van der Waals surface area contributed by atoms with Crippen molar-refractivity contribution in [2.45, 2.75) is 26.3 Å². The van der Waals surface area contributed by atoms with Crippen molar-refractivity contribution in [3.63, 3.8) is 0 Å². The first-order valence-corrected chi connectivity index (χ1v) is 7.88. The smallest absolute Gasteiger partial charge is 0.272 e. The van der Waals surface area contributed by atoms with E-state index in [-0.39, 0.29) is 17.2 Å². The Balaban J connectivity index is 2.29. The molecule has 0 aliphatic carbocycles. The zero-order valence-electron chi connectivity index (χ0n) is 14.9. The van der Waals surface area contributed by atoms with Crippen LogP contribution in [0, 0.1) is 0 Å². The van der Waals surface area contributed by atoms with Crippen molar-refractivity contribution in [3.05, 3.63) is 59.7 Å². The van der Waals surface area contributed by atoms with Crippen molar-refractivity contribution in [2.24, 2.45) is 0 Å². The van der Waals surface area contributed by atoms with Gasteiger partial charge in [0.15, 0.2) is 0 Å². The van der Waals surface area contributed by atoms with Crippen LogP contribution in [0.5, 0.6) is 5.75 Å². The van der Waals surface area contributed by atoms with Crippen LogP contribution in [-0.4, -0.2) is 29.5 Å². The maximum Gasteiger partial charge on any atom is 0.272 e. The molecule has 0 saturated heterocycles. The third-order valence-electron chi connectivity index (χ3n) is 3.61. The molecular weight excluding hydrogens is 318 g/mol. The minimum Gasteiger partial charge on any atom is -0.497 e. The number of benzene rings is 2. The largest absolute Gasteiger partial charge is 0.497 e. The molecule has 0 radical (unpaired) electrons. The van der Waals surface area contributed by atoms with E-state index in [0.717, 1.165) is 0 Å². The molecule has 0 unspecified atom stereocenters. The summed E-state index contributed by atoms with van der Waals surface area (Å²) >= 11 is 0. The van der Waals surface area contributed by atoms with Crippen molar-refractivity contribution in [1.82, 2.24) is 10.4 Å². The van der Waals surface area contributed by atoms with Gasteiger partial charge in [-0.05, 0) is 45.0 Å². The number of methoxy groups -OCH3 is 1. The van der Waals surface area contributed by atoms with Gasteiger partial charge in [-0.15, -0.1) is 0 Å². The Hall–Kier alpha value is -3.02. The van der Waals surface area contributed by atoms with Gasteiger partial charge in [-0.3, -0.25) is 15.0 Å². The number of nitrogen functional groups attached to an aromatic ring is 1. The van der Waals surface area contributed by atoms with E-state index >= 15 is 0 Å². The van der Waals surface area contributed by atoms with Crippen molar-refractivity contribution in [2.75, 3.05) is 12.8 Å². The van der Waals surface area contributed by atoms with E-state index < -0.39 is 11.4 Å². The minimum atomic E-state index is -0.621. The summed E-state index contributed by atoms with van der Waals surface area (Å²) in [6.07, 6.45) is 0. The highest BCUT2D eigenvalue weighted by Crippen LogP contribution is 2.21. The predicted octanol–water partition coefficient (Wildman–Crippen LogP) is 2.86. The summed E-state index contributed by atoms with van der Waals surface area (Å²) in [5.74, 6) is -0.199. The van der Waals surface area contributed by atoms with Gasteiger partial charge in [0.1, 0.15) is 5.75 Å². The standard InChI is InChI=1S/C19H23N3O3/c1-19(2,3)22(18(24)13-8-6-5-7-9-13)21-17(23)15-11-10-14(25-4)12-16(15)20/h5-12H,20H2,1-4H3,(H,21,23). The van der Waals surface area contributed by atoms with E-state index in [4.69, 9.17) is 10.5 Å². The Morgan fingerprint density at radius 2 is 1.72 bits per heavy atom. The molecule has 2 aromatic carbocycles. The van der Waals surface area contributed by atoms with Crippen molar-refractivity contribution < 1.29 is 14.3 Å². The van der Waals surface area contributed by atoms with E-state index in [2.05, 4.69) is 5.43 Å². The number of ether oxygens (including phenoxy) is 1. The zero-order chi connectivity index (χ0) is 18.6. The average molecular weight is 341 g/mol. The molecule has 6 heteroatoms. The lowest BCUT2D eigenvalue weighted by atomic mass is 10.1. The van der Waals surface area contributed by atoms with Crippen LogP contribution < -0.4 is 15.9 Å². The highest BCUT2D eigenvalue weighted by molar-refractivity contribution is 6.02. The minimum absolute atomic E-state index is 0.274. The van der Waals surface area contributed by atoms with Crippen LogP contribution in [0.15, 0.2) is 48.5 Å². The molecule has 3 N–H and O–H groups in total. The number of amides is 2. The van der Waals surface area contributed by atoms with Gasteiger partial charge in [-0.1, -0.05) is 18.2 Å². The molecular formula is C19H23N3O3. The van der Waals surface area contributed by atoms with E-state index in [1.165, 1.54) is 12.1 Å². The van der Waals surface area contributed by atoms with Gasteiger partial charge in [-0.2, -0.15) is 0 Å². The molecule has 2 aromatic rings. The summed E-state index contributed by atoms with van der Waals surface area (Å²) in [6.45, 7) is 5.52. The van der Waals surface area contributed by atoms with Crippen LogP contribution in [0.25, 0.3) is 0 Å². The van der Waals surface area contributed by atoms with E-state index in [1.54, 1.807) is 42.5 Å². The van der Waals surface area contributed by atoms with Gasteiger partial charge in [-0.25, -0.2) is 5.01 Å². The van der Waals surface area contributed by atoms with Gasteiger partial charge in [0, 0.05) is 17.3 Å². The monoisotopic (exact) mass is 341 g/mol. The van der Waals surface area contributed by atoms with Crippen molar-refractivity contribution in [1.29, 1.82) is 0 Å². The Labute approximate surface area is 147 Å². The number of nitrogens with zero attached hydrogens (tertiary/aromatic N) is 1. The fourth-order valence-electron chi connectivity index (χ4n) is 2.27. The molecule has 0 atom stereocenters. The molecule has 6 nitrogen and oxygen atoms in total. The molecule has 0 aromatic heterocycles. The first kappa shape index (κ1) is 18.3. The maximum atomic E-state index is 12.8. The van der Waals surface area contributed by atoms with E-state index in [0.29, 0.717) is 11.3 Å². The number of anilines is 1. The summed E-state index contributed by atoms with van der Waals surface area (Å²) in [7, 11) is 1.52. The Morgan fingerprint density at radius 1 is 1.08 bits per heavy atom. The molecule has 25 heavy (non-hydrogen) atoms. The SMILES string of the molecule is COc1ccc(C(=O)NN(C(=O)c2ccccc2)C(C)(C)C)c(N)c1. The second-order valence-corrected chi connectivity index (χ2v) is 6.57. The predicted molar refractivity (Wildman–Crippen MR) is 97.2 cm³/mol. The van der Waals surface area contributed by atoms with Crippen LogP contribution in [0.1, 0.15) is 41.5 Å². The fourth-order valence-corrected chi connectivity index (χ4v) is 2.27. The number of nitrogens with two attached hydrogens (primary N) is 1. The molecule has 0 bridgehead atoms. The summed E-state index contributed by atoms with van der Waals surface area (Å²) < 4.78 is 5.08. The van der Waals surface area contributed by atoms with Crippen molar-refractivity contribution in [3.8, 4) is 5.75 Å². The third kappa shape index (κ3) is 4.29. The molecule has 0 aliphatic rings. The molecule has 0 spiro atoms. The summed E-state index contributed by atoms with van der Waals surface area (Å²) in [5, 5.41) is 1.31. The molecule has 0 aliphatic heterocycles. The van der Waals surface area contributed by atoms with Gasteiger partial charge in [0.2, 0.25) is 0 Å². The normalized spacial score (nSPS) is 10.9. The highest BCUT2D eigenvalue weighted by atomic mass is 16.5. The molecule has 0 fully saturated rings. The average Bonchev–Trinajstić information content (AvgIpc) is 2.58. The Kier molecular flexibility index (Phi) is 5.32. The zero-order valence-corrected chi connectivity index (χ0v) is 14.9. The van der Waals surface area contributed by atoms with Gasteiger partial charge >= 0.3 is 0 Å². The lowest BCUT2D eigenvalue weighted by Crippen LogP contribution is -2.55. The quantitative estimate of drug-likeness (QED) is 0.664. The molecule has 2 rings (SSSR count). The van der Waals surface area contributed by atoms with Crippen LogP contribution in [0.3, 0.4) is 0 Å². The van der Waals surface area contributed by atoms with Crippen LogP contribution >= 0.6 is 0 Å². The first-order valence-electron chi connectivity index (χ1n) is 7.88. The number of rotatable bonds is 3. The van der Waals surface area contributed by atoms with Crippen molar-refractivity contribution >= 4 is 17.5 Å². The summed E-state index contributed by atoms with van der Waals surface area (Å²) in [5.41, 5.74) is 9.01. The molecule has 0 saturated carbocycles. The summed E-state index contributed by atoms with van der Waals surface area (Å²) in [4.78, 5) is 25.4. The number of carbonyl (C=O) groups excluding carboxylic acids is 2. The molecule has 2 amide bonds. The van der Waals surface area contributed by atoms with Crippen LogP contribution in [-0.2, 0) is 0 Å². The highest BCUT2D eigenvalue weighted by Gasteiger charge is 2.30. The second-order valence-electron chi connectivity index (χ2n) is 6.57. The lowest BCUT2D eigenvalue weighted by Gasteiger charge is -2.35. The number of hydrogen-bond donors (Lipinski definition) is 2. The molecule has 0 heterocycles. The number of hydrazine groups is 1. The maximum absolute atomic E-state index is 12.8. The molecule has 132 valence electrons. The second kappa shape index (κ2) is 7.25. The van der Waals surface area contributed by atoms with E-state index in [9.17, 15) is 9.59 Å². The van der Waals surface area contributed by atoms with Crippen LogP contribution in [0.2, 0.25) is 0 Å². The fraction of sp³-hybridized carbons (Fsp3) is 0.263. The van der Waals surface area contributed by atoms with Crippen LogP contribution in [0.4, 0.5) is 5.69 Å². The Bertz CT molecular complexity index is 767. The number of hydrogen-bond acceptors (Lipinski definition) is 4. The first-order chi connectivity index (χ1) is 11.7. The van der Waals surface area contributed by atoms with Gasteiger partial charge in [0.05, 0.1) is 18.2 Å². The van der Waals surface area contributed by atoms with Gasteiger partial charge < -0.3 is 10.5 Å². The van der Waals surface area contributed by atoms with E-state index in [1.807, 2.05) is 26.8 Å². The summed E-state index contributed by atoms with van der Waals surface area (Å²) in [6, 6.07) is 13.6. The lowest BCUT2D eigenvalue weighted by molar-refractivity contribution is 0.0359. The topological polar surface area (TPSA) is 84.7 Å².